The van der Waals surface area contributed by atoms with Crippen LogP contribution in [0.5, 0.6) is 5.75 Å². The topological polar surface area (TPSA) is 75.7 Å². The maximum absolute atomic E-state index is 13.6. The molecule has 0 radical (unpaired) electrons. The third-order valence-electron chi connectivity index (χ3n) is 4.96. The molecule has 0 fully saturated rings. The monoisotopic (exact) mass is 492 g/mol. The molecule has 0 bridgehead atoms. The van der Waals surface area contributed by atoms with Gasteiger partial charge in [0.1, 0.15) is 24.2 Å². The predicted molar refractivity (Wildman–Crippen MR) is 122 cm³/mol. The van der Waals surface area contributed by atoms with Crippen LogP contribution in [-0.4, -0.2) is 26.6 Å². The first kappa shape index (κ1) is 25.1. The van der Waals surface area contributed by atoms with Gasteiger partial charge in [0.25, 0.3) is 0 Å². The molecule has 34 heavy (non-hydrogen) atoms. The third kappa shape index (κ3) is 6.50. The lowest BCUT2D eigenvalue weighted by molar-refractivity contribution is -0.122. The van der Waals surface area contributed by atoms with Gasteiger partial charge in [0, 0.05) is 12.6 Å². The van der Waals surface area contributed by atoms with Crippen LogP contribution >= 0.6 is 0 Å². The first-order valence-corrected chi connectivity index (χ1v) is 12.1. The van der Waals surface area contributed by atoms with Gasteiger partial charge in [0.2, 0.25) is 15.9 Å². The van der Waals surface area contributed by atoms with Crippen LogP contribution in [0, 0.1) is 17.5 Å². The van der Waals surface area contributed by atoms with Gasteiger partial charge in [-0.3, -0.25) is 9.10 Å². The van der Waals surface area contributed by atoms with E-state index in [0.717, 1.165) is 39.9 Å². The van der Waals surface area contributed by atoms with Crippen molar-refractivity contribution in [2.75, 3.05) is 10.6 Å². The minimum absolute atomic E-state index is 0.108. The van der Waals surface area contributed by atoms with Crippen molar-refractivity contribution in [2.45, 2.75) is 26.1 Å². The number of carbonyl (C=O) groups excluding carboxylic acids is 1. The molecule has 3 aromatic carbocycles. The zero-order chi connectivity index (χ0) is 24.9. The molecule has 3 aromatic rings. The standard InChI is InChI=1S/C24H23F3N2O4S/c1-16(29(34(2,31)32)20-9-12-22(26)23(27)13-20)24(30)28-14-17-5-10-21(11-6-17)33-15-18-3-7-19(25)8-4-18/h3-13,16H,14-15H2,1-2H3,(H,28,30). The van der Waals surface area contributed by atoms with Crippen molar-refractivity contribution >= 4 is 21.6 Å². The van der Waals surface area contributed by atoms with Gasteiger partial charge in [-0.15, -0.1) is 0 Å². The number of anilines is 1. The lowest BCUT2D eigenvalue weighted by Crippen LogP contribution is -2.47. The van der Waals surface area contributed by atoms with Crippen molar-refractivity contribution in [1.82, 2.24) is 5.32 Å². The summed E-state index contributed by atoms with van der Waals surface area (Å²) in [4.78, 5) is 12.6. The maximum atomic E-state index is 13.6. The van der Waals surface area contributed by atoms with Gasteiger partial charge in [0.05, 0.1) is 11.9 Å². The summed E-state index contributed by atoms with van der Waals surface area (Å²) in [6, 6.07) is 14.2. The van der Waals surface area contributed by atoms with Crippen molar-refractivity contribution in [2.24, 2.45) is 0 Å². The van der Waals surface area contributed by atoms with Crippen molar-refractivity contribution < 1.29 is 31.1 Å². The summed E-state index contributed by atoms with van der Waals surface area (Å²) in [5.41, 5.74) is 1.38. The molecule has 0 aliphatic rings. The smallest absolute Gasteiger partial charge is 0.243 e. The van der Waals surface area contributed by atoms with E-state index in [1.807, 2.05) is 0 Å². The summed E-state index contributed by atoms with van der Waals surface area (Å²) in [7, 11) is -3.97. The zero-order valence-electron chi connectivity index (χ0n) is 18.5. The van der Waals surface area contributed by atoms with E-state index in [2.05, 4.69) is 5.32 Å². The first-order chi connectivity index (χ1) is 16.0. The molecule has 0 spiro atoms. The Morgan fingerprint density at radius 2 is 1.56 bits per heavy atom. The number of sulfonamides is 1. The Kier molecular flexibility index (Phi) is 7.83. The highest BCUT2D eigenvalue weighted by molar-refractivity contribution is 7.92. The quantitative estimate of drug-likeness (QED) is 0.487. The Bertz CT molecular complexity index is 1250. The second kappa shape index (κ2) is 10.6. The lowest BCUT2D eigenvalue weighted by atomic mass is 10.2. The van der Waals surface area contributed by atoms with Crippen molar-refractivity contribution in [3.63, 3.8) is 0 Å². The van der Waals surface area contributed by atoms with Crippen LogP contribution in [0.25, 0.3) is 0 Å². The Labute approximate surface area is 196 Å². The summed E-state index contributed by atoms with van der Waals surface area (Å²) in [5, 5.41) is 2.64. The van der Waals surface area contributed by atoms with E-state index in [9.17, 15) is 26.4 Å². The molecule has 0 aliphatic carbocycles. The summed E-state index contributed by atoms with van der Waals surface area (Å²) >= 11 is 0. The molecule has 0 aliphatic heterocycles. The number of amides is 1. The number of rotatable bonds is 9. The van der Waals surface area contributed by atoms with Crippen LogP contribution in [0.2, 0.25) is 0 Å². The van der Waals surface area contributed by atoms with Crippen molar-refractivity contribution in [3.05, 3.63) is 95.3 Å². The number of halogens is 3. The van der Waals surface area contributed by atoms with E-state index in [-0.39, 0.29) is 24.7 Å². The van der Waals surface area contributed by atoms with Gasteiger partial charge in [0.15, 0.2) is 11.6 Å². The Morgan fingerprint density at radius 3 is 2.15 bits per heavy atom. The largest absolute Gasteiger partial charge is 0.489 e. The van der Waals surface area contributed by atoms with Gasteiger partial charge in [-0.2, -0.15) is 0 Å². The Balaban J connectivity index is 1.60. The Hall–Kier alpha value is -3.53. The predicted octanol–water partition coefficient (Wildman–Crippen LogP) is 4.15. The third-order valence-corrected chi connectivity index (χ3v) is 6.20. The summed E-state index contributed by atoms with van der Waals surface area (Å²) < 4.78 is 70.8. The lowest BCUT2D eigenvalue weighted by Gasteiger charge is -2.28. The molecular weight excluding hydrogens is 469 g/mol. The van der Waals surface area contributed by atoms with Gasteiger partial charge in [-0.25, -0.2) is 21.6 Å². The minimum Gasteiger partial charge on any atom is -0.489 e. The number of nitrogens with one attached hydrogen (secondary N) is 1. The van der Waals surface area contributed by atoms with E-state index in [0.29, 0.717) is 5.75 Å². The molecule has 0 aromatic heterocycles. The fraction of sp³-hybridized carbons (Fsp3) is 0.208. The van der Waals surface area contributed by atoms with E-state index < -0.39 is 33.6 Å². The van der Waals surface area contributed by atoms with Crippen LogP contribution in [-0.2, 0) is 28.0 Å². The molecule has 0 saturated carbocycles. The number of hydrogen-bond donors (Lipinski definition) is 1. The van der Waals surface area contributed by atoms with E-state index in [1.54, 1.807) is 36.4 Å². The highest BCUT2D eigenvalue weighted by atomic mass is 32.2. The van der Waals surface area contributed by atoms with Gasteiger partial charge >= 0.3 is 0 Å². The second-order valence-corrected chi connectivity index (χ2v) is 9.47. The Morgan fingerprint density at radius 1 is 0.941 bits per heavy atom. The minimum atomic E-state index is -3.97. The molecule has 3 rings (SSSR count). The average Bonchev–Trinajstić information content (AvgIpc) is 2.79. The second-order valence-electron chi connectivity index (χ2n) is 7.61. The van der Waals surface area contributed by atoms with Crippen LogP contribution in [0.3, 0.4) is 0 Å². The molecule has 1 amide bonds. The average molecular weight is 493 g/mol. The normalized spacial score (nSPS) is 12.1. The van der Waals surface area contributed by atoms with E-state index >= 15 is 0 Å². The van der Waals surface area contributed by atoms with Gasteiger partial charge in [-0.05, 0) is 54.4 Å². The molecule has 10 heteroatoms. The van der Waals surface area contributed by atoms with E-state index in [4.69, 9.17) is 4.74 Å². The molecule has 6 nitrogen and oxygen atoms in total. The molecule has 0 saturated heterocycles. The summed E-state index contributed by atoms with van der Waals surface area (Å²) in [5.74, 6) is -2.71. The van der Waals surface area contributed by atoms with Gasteiger partial charge < -0.3 is 10.1 Å². The maximum Gasteiger partial charge on any atom is 0.243 e. The summed E-state index contributed by atoms with van der Waals surface area (Å²) in [6.07, 6.45) is 0.878. The highest BCUT2D eigenvalue weighted by Gasteiger charge is 2.29. The van der Waals surface area contributed by atoms with Gasteiger partial charge in [-0.1, -0.05) is 24.3 Å². The molecule has 1 atom stereocenters. The van der Waals surface area contributed by atoms with Crippen molar-refractivity contribution in [1.29, 1.82) is 0 Å². The molecule has 1 unspecified atom stereocenters. The number of benzene rings is 3. The molecular formula is C24H23F3N2O4S. The SMILES string of the molecule is CC(C(=O)NCc1ccc(OCc2ccc(F)cc2)cc1)N(c1ccc(F)c(F)c1)S(C)(=O)=O. The van der Waals surface area contributed by atoms with Crippen LogP contribution in [0.15, 0.2) is 66.7 Å². The fourth-order valence-electron chi connectivity index (χ4n) is 3.22. The molecule has 180 valence electrons. The van der Waals surface area contributed by atoms with Crippen molar-refractivity contribution in [3.8, 4) is 5.75 Å². The fourth-order valence-corrected chi connectivity index (χ4v) is 4.39. The zero-order valence-corrected chi connectivity index (χ0v) is 19.3. The number of nitrogens with zero attached hydrogens (tertiary/aromatic N) is 1. The van der Waals surface area contributed by atoms with E-state index in [1.165, 1.54) is 19.1 Å². The summed E-state index contributed by atoms with van der Waals surface area (Å²) in [6.45, 7) is 1.72. The number of hydrogen-bond acceptors (Lipinski definition) is 4. The number of ether oxygens (including phenoxy) is 1. The van der Waals surface area contributed by atoms with Crippen LogP contribution in [0.4, 0.5) is 18.9 Å². The number of carbonyl (C=O) groups is 1. The molecule has 1 N–H and O–H groups in total. The first-order valence-electron chi connectivity index (χ1n) is 10.2. The highest BCUT2D eigenvalue weighted by Crippen LogP contribution is 2.23. The van der Waals surface area contributed by atoms with Crippen LogP contribution in [0.1, 0.15) is 18.1 Å². The molecule has 0 heterocycles. The van der Waals surface area contributed by atoms with Crippen LogP contribution < -0.4 is 14.4 Å².